The first-order valence-corrected chi connectivity index (χ1v) is 10.6. The molecule has 1 aromatic heterocycles. The van der Waals surface area contributed by atoms with Crippen molar-refractivity contribution in [1.29, 1.82) is 0 Å². The van der Waals surface area contributed by atoms with E-state index in [1.54, 1.807) is 18.2 Å². The second-order valence-corrected chi connectivity index (χ2v) is 8.11. The van der Waals surface area contributed by atoms with Crippen molar-refractivity contribution in [3.63, 3.8) is 0 Å². The SMILES string of the molecule is CC(=O)OC(CC=C(C)C)/C(C)=C/C(O)C/C(C)=C/COc1ccc2ccc(=O)oc2c1. The maximum atomic E-state index is 11.4. The van der Waals surface area contributed by atoms with Gasteiger partial charge < -0.3 is 19.0 Å². The van der Waals surface area contributed by atoms with E-state index in [0.717, 1.165) is 22.1 Å². The molecule has 0 aliphatic heterocycles. The maximum absolute atomic E-state index is 11.4. The lowest BCUT2D eigenvalue weighted by atomic mass is 10.0. The van der Waals surface area contributed by atoms with E-state index in [9.17, 15) is 14.7 Å². The molecule has 32 heavy (non-hydrogen) atoms. The van der Waals surface area contributed by atoms with Gasteiger partial charge in [0.15, 0.2) is 0 Å². The minimum absolute atomic E-state index is 0.320. The highest BCUT2D eigenvalue weighted by atomic mass is 16.5. The molecule has 1 aromatic carbocycles. The first kappa shape index (κ1) is 25.1. The van der Waals surface area contributed by atoms with Gasteiger partial charge in [0.05, 0.1) is 6.10 Å². The Labute approximate surface area is 188 Å². The first-order chi connectivity index (χ1) is 15.1. The fourth-order valence-electron chi connectivity index (χ4n) is 3.16. The summed E-state index contributed by atoms with van der Waals surface area (Å²) < 4.78 is 16.3. The molecular weight excluding hydrogens is 408 g/mol. The lowest BCUT2D eigenvalue weighted by Crippen LogP contribution is -2.19. The summed E-state index contributed by atoms with van der Waals surface area (Å²) >= 11 is 0. The van der Waals surface area contributed by atoms with E-state index in [1.165, 1.54) is 13.0 Å². The predicted molar refractivity (Wildman–Crippen MR) is 126 cm³/mol. The van der Waals surface area contributed by atoms with Gasteiger partial charge in [0, 0.05) is 30.9 Å². The molecule has 2 rings (SSSR count). The van der Waals surface area contributed by atoms with Gasteiger partial charge in [-0.1, -0.05) is 23.3 Å². The summed E-state index contributed by atoms with van der Waals surface area (Å²) in [5.74, 6) is 0.247. The van der Waals surface area contributed by atoms with E-state index in [0.29, 0.717) is 30.8 Å². The van der Waals surface area contributed by atoms with Crippen LogP contribution in [-0.4, -0.2) is 29.9 Å². The molecule has 0 spiro atoms. The normalized spacial score (nSPS) is 14.1. The zero-order chi connectivity index (χ0) is 23.7. The van der Waals surface area contributed by atoms with E-state index in [2.05, 4.69) is 0 Å². The molecule has 0 aliphatic carbocycles. The van der Waals surface area contributed by atoms with E-state index >= 15 is 0 Å². The monoisotopic (exact) mass is 440 g/mol. The summed E-state index contributed by atoms with van der Waals surface area (Å²) in [6, 6.07) is 8.41. The van der Waals surface area contributed by atoms with Crippen LogP contribution in [0.15, 0.2) is 74.5 Å². The Morgan fingerprint density at radius 1 is 1.09 bits per heavy atom. The standard InChI is InChI=1S/C26H32O6/c1-17(2)6-10-24(31-20(5)27)19(4)15-22(28)14-18(3)12-13-30-23-9-7-21-8-11-26(29)32-25(21)16-23/h6-9,11-12,15-16,22,24,28H,10,13-14H2,1-5H3/b18-12+,19-15+. The van der Waals surface area contributed by atoms with Crippen LogP contribution in [0.25, 0.3) is 11.0 Å². The Kier molecular flexibility index (Phi) is 9.47. The summed E-state index contributed by atoms with van der Waals surface area (Å²) in [7, 11) is 0. The second kappa shape index (κ2) is 12.1. The van der Waals surface area contributed by atoms with Gasteiger partial charge in [0.25, 0.3) is 0 Å². The highest BCUT2D eigenvalue weighted by Crippen LogP contribution is 2.20. The highest BCUT2D eigenvalue weighted by Gasteiger charge is 2.14. The Morgan fingerprint density at radius 2 is 1.81 bits per heavy atom. The largest absolute Gasteiger partial charge is 0.489 e. The molecule has 2 aromatic rings. The number of esters is 1. The van der Waals surface area contributed by atoms with Crippen LogP contribution < -0.4 is 10.4 Å². The van der Waals surface area contributed by atoms with Crippen LogP contribution in [0.1, 0.15) is 47.5 Å². The van der Waals surface area contributed by atoms with Crippen molar-refractivity contribution in [2.45, 2.75) is 59.7 Å². The van der Waals surface area contributed by atoms with Gasteiger partial charge in [0.1, 0.15) is 24.0 Å². The lowest BCUT2D eigenvalue weighted by Gasteiger charge is -2.18. The van der Waals surface area contributed by atoms with Crippen LogP contribution in [0, 0.1) is 0 Å². The van der Waals surface area contributed by atoms with E-state index in [-0.39, 0.29) is 5.97 Å². The molecule has 6 nitrogen and oxygen atoms in total. The number of ether oxygens (including phenoxy) is 2. The van der Waals surface area contributed by atoms with Crippen LogP contribution in [0.4, 0.5) is 0 Å². The molecular formula is C26H32O6. The summed E-state index contributed by atoms with van der Waals surface area (Å²) in [5, 5.41) is 11.3. The number of fused-ring (bicyclic) bond motifs is 1. The van der Waals surface area contributed by atoms with Gasteiger partial charge in [-0.05, 0) is 64.0 Å². The Balaban J connectivity index is 1.95. The fraction of sp³-hybridized carbons (Fsp3) is 0.385. The molecule has 0 saturated heterocycles. The van der Waals surface area contributed by atoms with Gasteiger partial charge in [-0.3, -0.25) is 4.79 Å². The third-order valence-electron chi connectivity index (χ3n) is 4.82. The Morgan fingerprint density at radius 3 is 2.50 bits per heavy atom. The first-order valence-electron chi connectivity index (χ1n) is 10.6. The van der Waals surface area contributed by atoms with E-state index < -0.39 is 17.8 Å². The van der Waals surface area contributed by atoms with Crippen molar-refractivity contribution >= 4 is 16.9 Å². The average molecular weight is 441 g/mol. The van der Waals surface area contributed by atoms with E-state index in [4.69, 9.17) is 13.9 Å². The van der Waals surface area contributed by atoms with Crippen molar-refractivity contribution in [2.75, 3.05) is 6.61 Å². The Hall–Kier alpha value is -3.12. The molecule has 1 heterocycles. The van der Waals surface area contributed by atoms with Crippen molar-refractivity contribution in [2.24, 2.45) is 0 Å². The summed E-state index contributed by atoms with van der Waals surface area (Å²) in [5.41, 5.74) is 2.98. The molecule has 172 valence electrons. The predicted octanol–water partition coefficient (Wildman–Crippen LogP) is 5.10. The number of aliphatic hydroxyl groups excluding tert-OH is 1. The number of allylic oxidation sites excluding steroid dienone is 1. The smallest absolute Gasteiger partial charge is 0.336 e. The van der Waals surface area contributed by atoms with Crippen molar-refractivity contribution in [3.8, 4) is 5.75 Å². The molecule has 6 heteroatoms. The summed E-state index contributed by atoms with van der Waals surface area (Å²) in [6.07, 6.45) is 5.55. The summed E-state index contributed by atoms with van der Waals surface area (Å²) in [6.45, 7) is 9.46. The average Bonchev–Trinajstić information content (AvgIpc) is 2.70. The topological polar surface area (TPSA) is 86.0 Å². The molecule has 0 radical (unpaired) electrons. The number of carbonyl (C=O) groups is 1. The highest BCUT2D eigenvalue weighted by molar-refractivity contribution is 5.77. The van der Waals surface area contributed by atoms with Gasteiger partial charge in [-0.25, -0.2) is 4.79 Å². The van der Waals surface area contributed by atoms with Crippen LogP contribution >= 0.6 is 0 Å². The van der Waals surface area contributed by atoms with Crippen LogP contribution in [0.5, 0.6) is 5.75 Å². The molecule has 0 aliphatic rings. The minimum Gasteiger partial charge on any atom is -0.489 e. The quantitative estimate of drug-likeness (QED) is 0.314. The maximum Gasteiger partial charge on any atom is 0.336 e. The van der Waals surface area contributed by atoms with Crippen molar-refractivity contribution in [3.05, 3.63) is 75.7 Å². The molecule has 2 atom stereocenters. The third-order valence-corrected chi connectivity index (χ3v) is 4.82. The number of benzene rings is 1. The van der Waals surface area contributed by atoms with E-state index in [1.807, 2.05) is 52.0 Å². The molecule has 0 amide bonds. The fourth-order valence-corrected chi connectivity index (χ4v) is 3.16. The third kappa shape index (κ3) is 8.55. The second-order valence-electron chi connectivity index (χ2n) is 8.11. The number of aliphatic hydroxyl groups is 1. The van der Waals surface area contributed by atoms with Gasteiger partial charge in [0.2, 0.25) is 0 Å². The van der Waals surface area contributed by atoms with Crippen LogP contribution in [0.3, 0.4) is 0 Å². The molecule has 2 unspecified atom stereocenters. The van der Waals surface area contributed by atoms with Gasteiger partial charge >= 0.3 is 11.6 Å². The van der Waals surface area contributed by atoms with Gasteiger partial charge in [-0.15, -0.1) is 0 Å². The summed E-state index contributed by atoms with van der Waals surface area (Å²) in [4.78, 5) is 22.8. The van der Waals surface area contributed by atoms with Crippen molar-refractivity contribution < 1.29 is 23.8 Å². The number of hydrogen-bond acceptors (Lipinski definition) is 6. The lowest BCUT2D eigenvalue weighted by molar-refractivity contribution is -0.144. The zero-order valence-corrected chi connectivity index (χ0v) is 19.4. The molecule has 0 fully saturated rings. The molecule has 0 bridgehead atoms. The zero-order valence-electron chi connectivity index (χ0n) is 19.4. The van der Waals surface area contributed by atoms with Crippen LogP contribution in [-0.2, 0) is 9.53 Å². The number of hydrogen-bond donors (Lipinski definition) is 1. The Bertz CT molecular complexity index is 1070. The molecule has 1 N–H and O–H groups in total. The van der Waals surface area contributed by atoms with Gasteiger partial charge in [-0.2, -0.15) is 0 Å². The number of rotatable bonds is 10. The van der Waals surface area contributed by atoms with Crippen LogP contribution in [0.2, 0.25) is 0 Å². The number of carbonyl (C=O) groups excluding carboxylic acids is 1. The minimum atomic E-state index is -0.703. The molecule has 0 saturated carbocycles. The van der Waals surface area contributed by atoms with Crippen molar-refractivity contribution in [1.82, 2.24) is 0 Å².